The molecule has 2 aliphatic rings. The van der Waals surface area contributed by atoms with Gasteiger partial charge in [-0.1, -0.05) is 0 Å². The van der Waals surface area contributed by atoms with Gasteiger partial charge in [0.25, 0.3) is 0 Å². The maximum absolute atomic E-state index is 11.8. The van der Waals surface area contributed by atoms with E-state index in [0.29, 0.717) is 6.54 Å². The van der Waals surface area contributed by atoms with Crippen LogP contribution >= 0.6 is 0 Å². The average Bonchev–Trinajstić information content (AvgIpc) is 2.30. The molecular weight excluding hydrogens is 192 g/mol. The van der Waals surface area contributed by atoms with E-state index in [2.05, 4.69) is 20.5 Å². The Labute approximate surface area is 87.5 Å². The van der Waals surface area contributed by atoms with Crippen LogP contribution in [0.25, 0.3) is 0 Å². The van der Waals surface area contributed by atoms with E-state index in [1.165, 1.54) is 0 Å². The van der Waals surface area contributed by atoms with E-state index in [1.807, 2.05) is 12.1 Å². The van der Waals surface area contributed by atoms with E-state index >= 15 is 0 Å². The lowest BCUT2D eigenvalue weighted by molar-refractivity contribution is -0.117. The Morgan fingerprint density at radius 1 is 1.53 bits per heavy atom. The third kappa shape index (κ3) is 1.27. The second-order valence-electron chi connectivity index (χ2n) is 3.78. The van der Waals surface area contributed by atoms with Crippen LogP contribution in [0.4, 0.5) is 11.5 Å². The highest BCUT2D eigenvalue weighted by Gasteiger charge is 2.35. The van der Waals surface area contributed by atoms with Crippen LogP contribution < -0.4 is 15.5 Å². The highest BCUT2D eigenvalue weighted by molar-refractivity contribution is 6.03. The van der Waals surface area contributed by atoms with Crippen LogP contribution in [0.2, 0.25) is 0 Å². The molecule has 1 atom stereocenters. The van der Waals surface area contributed by atoms with Gasteiger partial charge in [0, 0.05) is 25.8 Å². The first-order chi connectivity index (χ1) is 7.36. The smallest absolute Gasteiger partial charge is 0.248 e. The molecule has 1 fully saturated rings. The lowest BCUT2D eigenvalue weighted by Crippen LogP contribution is -2.59. The predicted octanol–water partition coefficient (Wildman–Crippen LogP) is -0.188. The van der Waals surface area contributed by atoms with Gasteiger partial charge in [0.05, 0.1) is 5.69 Å². The van der Waals surface area contributed by atoms with Crippen molar-refractivity contribution in [2.45, 2.75) is 6.04 Å². The van der Waals surface area contributed by atoms with E-state index in [1.54, 1.807) is 6.20 Å². The van der Waals surface area contributed by atoms with Crippen molar-refractivity contribution in [1.29, 1.82) is 0 Å². The molecule has 0 saturated carbocycles. The summed E-state index contributed by atoms with van der Waals surface area (Å²) < 4.78 is 0. The second kappa shape index (κ2) is 3.20. The molecule has 5 heteroatoms. The molecule has 1 aromatic heterocycles. The summed E-state index contributed by atoms with van der Waals surface area (Å²) in [7, 11) is 0. The maximum atomic E-state index is 11.8. The molecule has 1 aromatic rings. The summed E-state index contributed by atoms with van der Waals surface area (Å²) in [5.41, 5.74) is 0.820. The molecule has 2 N–H and O–H groups in total. The van der Waals surface area contributed by atoms with Crippen LogP contribution in [0.5, 0.6) is 0 Å². The average molecular weight is 204 g/mol. The fourth-order valence-electron chi connectivity index (χ4n) is 2.13. The van der Waals surface area contributed by atoms with Crippen molar-refractivity contribution in [1.82, 2.24) is 10.3 Å². The zero-order valence-corrected chi connectivity index (χ0v) is 8.23. The Hall–Kier alpha value is -1.62. The molecule has 5 nitrogen and oxygen atoms in total. The zero-order valence-electron chi connectivity index (χ0n) is 8.23. The molecule has 3 rings (SSSR count). The van der Waals surface area contributed by atoms with Gasteiger partial charge in [0.15, 0.2) is 5.82 Å². The van der Waals surface area contributed by atoms with Gasteiger partial charge in [-0.25, -0.2) is 4.98 Å². The largest absolute Gasteiger partial charge is 0.340 e. The van der Waals surface area contributed by atoms with Gasteiger partial charge >= 0.3 is 0 Å². The minimum atomic E-state index is -0.110. The molecule has 78 valence electrons. The number of pyridine rings is 1. The predicted molar refractivity (Wildman–Crippen MR) is 56.9 cm³/mol. The topological polar surface area (TPSA) is 57.3 Å². The van der Waals surface area contributed by atoms with E-state index in [9.17, 15) is 4.79 Å². The molecule has 1 amide bonds. The van der Waals surface area contributed by atoms with Crippen molar-refractivity contribution in [2.75, 3.05) is 29.9 Å². The van der Waals surface area contributed by atoms with Crippen LogP contribution in [0, 0.1) is 0 Å². The summed E-state index contributed by atoms with van der Waals surface area (Å²) >= 11 is 0. The van der Waals surface area contributed by atoms with Gasteiger partial charge in [-0.2, -0.15) is 0 Å². The molecule has 1 saturated heterocycles. The minimum Gasteiger partial charge on any atom is -0.340 e. The number of fused-ring (bicyclic) bond motifs is 3. The number of carbonyl (C=O) groups is 1. The Morgan fingerprint density at radius 3 is 3.40 bits per heavy atom. The number of aromatic nitrogens is 1. The summed E-state index contributed by atoms with van der Waals surface area (Å²) in [6, 6.07) is 3.61. The van der Waals surface area contributed by atoms with E-state index in [-0.39, 0.29) is 11.9 Å². The van der Waals surface area contributed by atoms with Crippen LogP contribution in [0.1, 0.15) is 0 Å². The Kier molecular flexibility index (Phi) is 1.85. The van der Waals surface area contributed by atoms with Crippen molar-refractivity contribution in [3.63, 3.8) is 0 Å². The number of hydrogen-bond acceptors (Lipinski definition) is 4. The van der Waals surface area contributed by atoms with Crippen molar-refractivity contribution >= 4 is 17.4 Å². The molecule has 0 unspecified atom stereocenters. The van der Waals surface area contributed by atoms with Gasteiger partial charge < -0.3 is 15.5 Å². The Bertz CT molecular complexity index is 406. The standard InChI is InChI=1S/C10H12N4O/c15-10-8-6-11-4-5-14(8)9-7(13-10)2-1-3-12-9/h1-3,8,11H,4-6H2,(H,13,15)/t8-/m0/s1. The summed E-state index contributed by atoms with van der Waals surface area (Å²) in [4.78, 5) is 18.2. The molecule has 0 aromatic carbocycles. The van der Waals surface area contributed by atoms with E-state index in [4.69, 9.17) is 0 Å². The van der Waals surface area contributed by atoms with Crippen LogP contribution in [-0.2, 0) is 4.79 Å². The van der Waals surface area contributed by atoms with E-state index < -0.39 is 0 Å². The SMILES string of the molecule is O=C1Nc2cccnc2N2CCNC[C@@H]12. The number of anilines is 2. The molecule has 0 bridgehead atoms. The highest BCUT2D eigenvalue weighted by atomic mass is 16.2. The summed E-state index contributed by atoms with van der Waals surface area (Å²) in [5.74, 6) is 0.950. The molecule has 3 heterocycles. The Morgan fingerprint density at radius 2 is 2.47 bits per heavy atom. The monoisotopic (exact) mass is 204 g/mol. The van der Waals surface area contributed by atoms with Gasteiger partial charge in [-0.15, -0.1) is 0 Å². The number of carbonyl (C=O) groups excluding carboxylic acids is 1. The maximum Gasteiger partial charge on any atom is 0.248 e. The lowest BCUT2D eigenvalue weighted by atomic mass is 10.1. The number of rotatable bonds is 0. The van der Waals surface area contributed by atoms with Crippen LogP contribution in [0.3, 0.4) is 0 Å². The number of nitrogens with zero attached hydrogens (tertiary/aromatic N) is 2. The first kappa shape index (κ1) is 8.67. The molecule has 0 spiro atoms. The van der Waals surface area contributed by atoms with Crippen molar-refractivity contribution < 1.29 is 4.79 Å². The summed E-state index contributed by atoms with van der Waals surface area (Å²) in [6.45, 7) is 2.43. The first-order valence-corrected chi connectivity index (χ1v) is 5.09. The fourth-order valence-corrected chi connectivity index (χ4v) is 2.13. The zero-order chi connectivity index (χ0) is 10.3. The van der Waals surface area contributed by atoms with E-state index in [0.717, 1.165) is 24.6 Å². The molecule has 0 radical (unpaired) electrons. The van der Waals surface area contributed by atoms with Crippen molar-refractivity contribution in [2.24, 2.45) is 0 Å². The van der Waals surface area contributed by atoms with Gasteiger partial charge in [0.2, 0.25) is 5.91 Å². The highest BCUT2D eigenvalue weighted by Crippen LogP contribution is 2.29. The normalized spacial score (nSPS) is 24.1. The second-order valence-corrected chi connectivity index (χ2v) is 3.78. The Balaban J connectivity index is 2.06. The third-order valence-electron chi connectivity index (χ3n) is 2.86. The number of hydrogen-bond donors (Lipinski definition) is 2. The van der Waals surface area contributed by atoms with Gasteiger partial charge in [-0.3, -0.25) is 4.79 Å². The van der Waals surface area contributed by atoms with Crippen molar-refractivity contribution in [3.8, 4) is 0 Å². The van der Waals surface area contributed by atoms with Gasteiger partial charge in [-0.05, 0) is 12.1 Å². The first-order valence-electron chi connectivity index (χ1n) is 5.09. The number of piperazine rings is 1. The minimum absolute atomic E-state index is 0.0581. The summed E-state index contributed by atoms with van der Waals surface area (Å²) in [6.07, 6.45) is 1.76. The van der Waals surface area contributed by atoms with Crippen LogP contribution in [-0.4, -0.2) is 36.6 Å². The molecule has 0 aliphatic carbocycles. The molecular formula is C10H12N4O. The number of amides is 1. The molecule has 2 aliphatic heterocycles. The lowest BCUT2D eigenvalue weighted by Gasteiger charge is -2.40. The summed E-state index contributed by atoms with van der Waals surface area (Å²) in [5, 5.41) is 6.09. The molecule has 15 heavy (non-hydrogen) atoms. The number of nitrogens with one attached hydrogen (secondary N) is 2. The third-order valence-corrected chi connectivity index (χ3v) is 2.86. The van der Waals surface area contributed by atoms with Crippen LogP contribution in [0.15, 0.2) is 18.3 Å². The quantitative estimate of drug-likeness (QED) is 0.615. The fraction of sp³-hybridized carbons (Fsp3) is 0.400. The van der Waals surface area contributed by atoms with Crippen molar-refractivity contribution in [3.05, 3.63) is 18.3 Å². The van der Waals surface area contributed by atoms with Gasteiger partial charge in [0.1, 0.15) is 6.04 Å².